The minimum Gasteiger partial charge on any atom is -0.480 e. The molecule has 1 aliphatic rings. The summed E-state index contributed by atoms with van der Waals surface area (Å²) in [6.45, 7) is 1.58. The Hall–Kier alpha value is -0.750. The van der Waals surface area contributed by atoms with Crippen LogP contribution in [0.1, 0.15) is 26.2 Å². The van der Waals surface area contributed by atoms with Gasteiger partial charge in [0.05, 0.1) is 4.75 Å². The Bertz CT molecular complexity index is 276. The number of carboxylic acids is 1. The predicted octanol–water partition coefficient (Wildman–Crippen LogP) is 0.224. The van der Waals surface area contributed by atoms with Gasteiger partial charge in [-0.15, -0.1) is 11.8 Å². The van der Waals surface area contributed by atoms with Crippen molar-refractivity contribution in [2.45, 2.75) is 37.0 Å². The highest BCUT2D eigenvalue weighted by Crippen LogP contribution is 2.37. The molecule has 1 aliphatic heterocycles. The molecular weight excluding hydrogens is 230 g/mol. The van der Waals surface area contributed by atoms with Crippen LogP contribution < -0.4 is 5.32 Å². The standard InChI is InChI=1S/C10H17NO4S/c1-10(4-2-6-16-10)9(15)11-7(3-5-12)8(13)14/h7,12H,2-6H2,1H3,(H,11,15)(H,13,14)/t7-,10?/m0/s1. The van der Waals surface area contributed by atoms with E-state index in [1.807, 2.05) is 6.92 Å². The summed E-state index contributed by atoms with van der Waals surface area (Å²) in [4.78, 5) is 22.7. The Morgan fingerprint density at radius 2 is 2.25 bits per heavy atom. The van der Waals surface area contributed by atoms with Crippen LogP contribution in [0.3, 0.4) is 0 Å². The van der Waals surface area contributed by atoms with Crippen molar-refractivity contribution < 1.29 is 19.8 Å². The van der Waals surface area contributed by atoms with E-state index in [0.29, 0.717) is 0 Å². The topological polar surface area (TPSA) is 86.6 Å². The number of hydrogen-bond acceptors (Lipinski definition) is 4. The zero-order valence-electron chi connectivity index (χ0n) is 9.23. The average Bonchev–Trinajstić information content (AvgIpc) is 2.65. The van der Waals surface area contributed by atoms with Gasteiger partial charge in [-0.3, -0.25) is 4.79 Å². The van der Waals surface area contributed by atoms with Crippen LogP contribution in [0.4, 0.5) is 0 Å². The van der Waals surface area contributed by atoms with Crippen LogP contribution in [0, 0.1) is 0 Å². The van der Waals surface area contributed by atoms with Crippen LogP contribution in [0.5, 0.6) is 0 Å². The lowest BCUT2D eigenvalue weighted by atomic mass is 10.0. The minimum absolute atomic E-state index is 0.0435. The Kier molecular flexibility index (Phi) is 4.61. The molecule has 1 heterocycles. The molecule has 0 aromatic carbocycles. The fraction of sp³-hybridized carbons (Fsp3) is 0.800. The second kappa shape index (κ2) is 5.54. The number of aliphatic carboxylic acids is 1. The number of thioether (sulfide) groups is 1. The van der Waals surface area contributed by atoms with Crippen LogP contribution in [0.15, 0.2) is 0 Å². The maximum Gasteiger partial charge on any atom is 0.326 e. The molecule has 6 heteroatoms. The van der Waals surface area contributed by atoms with Crippen molar-refractivity contribution in [1.29, 1.82) is 0 Å². The van der Waals surface area contributed by atoms with Crippen molar-refractivity contribution in [2.75, 3.05) is 12.4 Å². The first kappa shape index (κ1) is 13.3. The Balaban J connectivity index is 2.57. The van der Waals surface area contributed by atoms with Crippen LogP contribution >= 0.6 is 11.8 Å². The molecule has 0 spiro atoms. The van der Waals surface area contributed by atoms with E-state index in [0.717, 1.165) is 18.6 Å². The highest BCUT2D eigenvalue weighted by Gasteiger charge is 2.38. The molecule has 1 saturated heterocycles. The van der Waals surface area contributed by atoms with Gasteiger partial charge in [0.25, 0.3) is 0 Å². The minimum atomic E-state index is -1.10. The number of nitrogens with one attached hydrogen (secondary N) is 1. The van der Waals surface area contributed by atoms with E-state index in [1.165, 1.54) is 0 Å². The third-order valence-corrected chi connectivity index (χ3v) is 4.24. The fourth-order valence-electron chi connectivity index (χ4n) is 1.66. The second-order valence-corrected chi connectivity index (χ2v) is 5.66. The lowest BCUT2D eigenvalue weighted by molar-refractivity contribution is -0.142. The van der Waals surface area contributed by atoms with Crippen LogP contribution in [0.2, 0.25) is 0 Å². The molecule has 0 aliphatic carbocycles. The van der Waals surface area contributed by atoms with Gasteiger partial charge >= 0.3 is 5.97 Å². The Labute approximate surface area is 98.6 Å². The zero-order valence-corrected chi connectivity index (χ0v) is 10.0. The van der Waals surface area contributed by atoms with Crippen molar-refractivity contribution in [2.24, 2.45) is 0 Å². The normalized spacial score (nSPS) is 26.4. The summed E-state index contributed by atoms with van der Waals surface area (Å²) in [5.41, 5.74) is 0. The van der Waals surface area contributed by atoms with E-state index < -0.39 is 16.8 Å². The number of aliphatic hydroxyl groups excluding tert-OH is 1. The summed E-state index contributed by atoms with van der Waals surface area (Å²) in [5.74, 6) is -0.411. The maximum atomic E-state index is 11.9. The van der Waals surface area contributed by atoms with Crippen molar-refractivity contribution >= 4 is 23.6 Å². The van der Waals surface area contributed by atoms with Crippen LogP contribution in [-0.4, -0.2) is 45.2 Å². The first-order valence-corrected chi connectivity index (χ1v) is 6.27. The van der Waals surface area contributed by atoms with E-state index in [-0.39, 0.29) is 18.9 Å². The van der Waals surface area contributed by atoms with Gasteiger partial charge in [0.15, 0.2) is 0 Å². The molecule has 3 N–H and O–H groups in total. The van der Waals surface area contributed by atoms with Gasteiger partial charge < -0.3 is 15.5 Å². The molecule has 5 nitrogen and oxygen atoms in total. The summed E-state index contributed by atoms with van der Waals surface area (Å²) in [5, 5.41) is 20.0. The zero-order chi connectivity index (χ0) is 12.2. The highest BCUT2D eigenvalue weighted by atomic mass is 32.2. The molecule has 1 amide bonds. The average molecular weight is 247 g/mol. The second-order valence-electron chi connectivity index (χ2n) is 4.06. The van der Waals surface area contributed by atoms with E-state index in [4.69, 9.17) is 10.2 Å². The number of carbonyl (C=O) groups excluding carboxylic acids is 1. The molecule has 2 atom stereocenters. The van der Waals surface area contributed by atoms with Gasteiger partial charge in [-0.25, -0.2) is 4.79 Å². The molecular formula is C10H17NO4S. The molecule has 1 unspecified atom stereocenters. The van der Waals surface area contributed by atoms with Gasteiger partial charge in [0, 0.05) is 13.0 Å². The fourth-order valence-corrected chi connectivity index (χ4v) is 2.87. The Morgan fingerprint density at radius 3 is 2.69 bits per heavy atom. The highest BCUT2D eigenvalue weighted by molar-refractivity contribution is 8.01. The molecule has 92 valence electrons. The summed E-state index contributed by atoms with van der Waals surface area (Å²) >= 11 is 1.56. The van der Waals surface area contributed by atoms with E-state index in [2.05, 4.69) is 5.32 Å². The van der Waals surface area contributed by atoms with Gasteiger partial charge in [-0.2, -0.15) is 0 Å². The van der Waals surface area contributed by atoms with Crippen molar-refractivity contribution in [3.8, 4) is 0 Å². The van der Waals surface area contributed by atoms with Crippen molar-refractivity contribution in [3.05, 3.63) is 0 Å². The number of carbonyl (C=O) groups is 2. The Morgan fingerprint density at radius 1 is 1.56 bits per heavy atom. The van der Waals surface area contributed by atoms with Gasteiger partial charge in [0.2, 0.25) is 5.91 Å². The molecule has 1 rings (SSSR count). The molecule has 0 aromatic heterocycles. The molecule has 0 saturated carbocycles. The lowest BCUT2D eigenvalue weighted by Crippen LogP contribution is -2.48. The van der Waals surface area contributed by atoms with Crippen molar-refractivity contribution in [3.63, 3.8) is 0 Å². The van der Waals surface area contributed by atoms with Crippen molar-refractivity contribution in [1.82, 2.24) is 5.32 Å². The third kappa shape index (κ3) is 3.12. The SMILES string of the molecule is CC1(C(=O)N[C@@H](CCO)C(=O)O)CCCS1. The molecule has 16 heavy (non-hydrogen) atoms. The quantitative estimate of drug-likeness (QED) is 0.647. The number of amides is 1. The summed E-state index contributed by atoms with van der Waals surface area (Å²) in [6, 6.07) is -0.990. The van der Waals surface area contributed by atoms with Gasteiger partial charge in [-0.05, 0) is 25.5 Å². The predicted molar refractivity (Wildman–Crippen MR) is 61.4 cm³/mol. The molecule has 0 aromatic rings. The first-order chi connectivity index (χ1) is 7.49. The summed E-state index contributed by atoms with van der Waals surface area (Å²) in [7, 11) is 0. The first-order valence-electron chi connectivity index (χ1n) is 5.28. The van der Waals surface area contributed by atoms with Crippen LogP contribution in [-0.2, 0) is 9.59 Å². The van der Waals surface area contributed by atoms with E-state index >= 15 is 0 Å². The number of carboxylic acid groups (broad SMARTS) is 1. The molecule has 0 bridgehead atoms. The lowest BCUT2D eigenvalue weighted by Gasteiger charge is -2.24. The molecule has 0 radical (unpaired) electrons. The van der Waals surface area contributed by atoms with E-state index in [9.17, 15) is 9.59 Å². The summed E-state index contributed by atoms with van der Waals surface area (Å²) < 4.78 is -0.511. The third-order valence-electron chi connectivity index (χ3n) is 2.72. The number of hydrogen-bond donors (Lipinski definition) is 3. The van der Waals surface area contributed by atoms with E-state index in [1.54, 1.807) is 11.8 Å². The van der Waals surface area contributed by atoms with Gasteiger partial charge in [0.1, 0.15) is 6.04 Å². The molecule has 1 fully saturated rings. The number of aliphatic hydroxyl groups is 1. The smallest absolute Gasteiger partial charge is 0.326 e. The number of rotatable bonds is 5. The van der Waals surface area contributed by atoms with Gasteiger partial charge in [-0.1, -0.05) is 0 Å². The summed E-state index contributed by atoms with van der Waals surface area (Å²) in [6.07, 6.45) is 1.79. The maximum absolute atomic E-state index is 11.9. The van der Waals surface area contributed by atoms with Crippen LogP contribution in [0.25, 0.3) is 0 Å². The largest absolute Gasteiger partial charge is 0.480 e. The monoisotopic (exact) mass is 247 g/mol.